The third-order valence-electron chi connectivity index (χ3n) is 6.92. The van der Waals surface area contributed by atoms with Crippen molar-refractivity contribution in [3.8, 4) is 0 Å². The third-order valence-corrected chi connectivity index (χ3v) is 11.4. The molecule has 7 heteroatoms. The van der Waals surface area contributed by atoms with E-state index in [1.54, 1.807) is 6.08 Å². The molecule has 6 nitrogen and oxygen atoms in total. The van der Waals surface area contributed by atoms with Gasteiger partial charge >= 0.3 is 6.09 Å². The van der Waals surface area contributed by atoms with Gasteiger partial charge in [0.2, 0.25) is 0 Å². The van der Waals surface area contributed by atoms with Crippen molar-refractivity contribution in [2.24, 2.45) is 0 Å². The number of ether oxygens (including phenoxy) is 2. The van der Waals surface area contributed by atoms with Crippen LogP contribution in [0.4, 0.5) is 4.79 Å². The van der Waals surface area contributed by atoms with E-state index in [1.165, 1.54) is 4.90 Å². The number of rotatable bonds is 9. The molecule has 0 saturated carbocycles. The van der Waals surface area contributed by atoms with Crippen LogP contribution in [0.25, 0.3) is 0 Å². The number of hydrogen-bond acceptors (Lipinski definition) is 5. The molecule has 0 bridgehead atoms. The van der Waals surface area contributed by atoms with Gasteiger partial charge in [-0.3, -0.25) is 4.79 Å². The summed E-state index contributed by atoms with van der Waals surface area (Å²) in [5, 5.41) is -0.0838. The van der Waals surface area contributed by atoms with Crippen LogP contribution in [0.1, 0.15) is 44.9 Å². The molecule has 2 aromatic carbocycles. The van der Waals surface area contributed by atoms with Crippen molar-refractivity contribution in [1.82, 2.24) is 4.90 Å². The van der Waals surface area contributed by atoms with Gasteiger partial charge in [0.05, 0.1) is 18.8 Å². The maximum atomic E-state index is 13.9. The van der Waals surface area contributed by atoms with Crippen molar-refractivity contribution < 1.29 is 23.5 Å². The second-order valence-corrected chi connectivity index (χ2v) is 15.2. The second-order valence-electron chi connectivity index (χ2n) is 10.5. The summed E-state index contributed by atoms with van der Waals surface area (Å²) in [4.78, 5) is 28.0. The smallest absolute Gasteiger partial charge is 0.417 e. The van der Waals surface area contributed by atoms with Gasteiger partial charge in [-0.15, -0.1) is 6.58 Å². The molecule has 1 fully saturated rings. The molecule has 35 heavy (non-hydrogen) atoms. The van der Waals surface area contributed by atoms with Crippen molar-refractivity contribution >= 4 is 20.3 Å². The molecule has 0 radical (unpaired) electrons. The Kier molecular flexibility index (Phi) is 8.36. The summed E-state index contributed by atoms with van der Waals surface area (Å²) in [5.74, 6) is -0.486. The molecule has 1 aliphatic heterocycles. The molecule has 2 amide bonds. The average Bonchev–Trinajstić information content (AvgIpc) is 3.12. The minimum Gasteiger partial charge on any atom is -0.439 e. The van der Waals surface area contributed by atoms with E-state index in [2.05, 4.69) is 40.4 Å². The Morgan fingerprint density at radius 3 is 2.23 bits per heavy atom. The van der Waals surface area contributed by atoms with Crippen molar-refractivity contribution in [1.29, 1.82) is 0 Å². The predicted molar refractivity (Wildman–Crippen MR) is 139 cm³/mol. The molecule has 2 aromatic rings. The number of imide groups is 1. The lowest BCUT2D eigenvalue weighted by Crippen LogP contribution is -2.53. The van der Waals surface area contributed by atoms with Gasteiger partial charge in [-0.05, 0) is 36.2 Å². The lowest BCUT2D eigenvalue weighted by molar-refractivity contribution is -0.147. The number of cyclic esters (lactones) is 1. The van der Waals surface area contributed by atoms with E-state index in [1.807, 2.05) is 67.6 Å². The Morgan fingerprint density at radius 2 is 1.69 bits per heavy atom. The number of hydrogen-bond donors (Lipinski definition) is 0. The molecular weight excluding hydrogens is 458 g/mol. The van der Waals surface area contributed by atoms with Gasteiger partial charge in [-0.25, -0.2) is 9.69 Å². The highest BCUT2D eigenvalue weighted by Crippen LogP contribution is 2.39. The zero-order chi connectivity index (χ0) is 25.8. The first-order valence-corrected chi connectivity index (χ1v) is 14.9. The molecule has 0 aliphatic carbocycles. The summed E-state index contributed by atoms with van der Waals surface area (Å²) in [5.41, 5.74) is 1.75. The Hall–Kier alpha value is -2.74. The largest absolute Gasteiger partial charge is 0.439 e. The summed E-state index contributed by atoms with van der Waals surface area (Å²) in [6.45, 7) is 16.6. The van der Waals surface area contributed by atoms with E-state index in [-0.39, 0.29) is 11.6 Å². The van der Waals surface area contributed by atoms with E-state index in [4.69, 9.17) is 13.9 Å². The second kappa shape index (κ2) is 10.9. The van der Waals surface area contributed by atoms with Gasteiger partial charge in [0.25, 0.3) is 5.91 Å². The maximum Gasteiger partial charge on any atom is 0.417 e. The van der Waals surface area contributed by atoms with Crippen molar-refractivity contribution in [2.45, 2.75) is 76.8 Å². The maximum absolute atomic E-state index is 13.9. The van der Waals surface area contributed by atoms with Gasteiger partial charge in [-0.2, -0.15) is 0 Å². The first-order valence-electron chi connectivity index (χ1n) is 12.0. The molecule has 1 aliphatic rings. The molecule has 0 unspecified atom stereocenters. The van der Waals surface area contributed by atoms with Crippen LogP contribution >= 0.6 is 0 Å². The molecule has 0 spiro atoms. The standard InChI is InChI=1S/C28H37NO5Si/c1-8-23(34-35(6,7)28(3,4)5)25(32-19-21-15-11-9-12-16-21)26(30)29-20(2)24(33-27(29)31)22-17-13-10-14-18-22/h8-18,20,23-25H,1,19H2,2-7H3/t20-,23+,24-,25-/m1/s1. The van der Waals surface area contributed by atoms with E-state index in [0.717, 1.165) is 11.1 Å². The van der Waals surface area contributed by atoms with E-state index in [0.29, 0.717) is 0 Å². The Morgan fingerprint density at radius 1 is 1.11 bits per heavy atom. The average molecular weight is 496 g/mol. The first-order chi connectivity index (χ1) is 16.5. The number of carbonyl (C=O) groups is 2. The monoisotopic (exact) mass is 495 g/mol. The van der Waals surface area contributed by atoms with Crippen LogP contribution in [0, 0.1) is 0 Å². The lowest BCUT2D eigenvalue weighted by Gasteiger charge is -2.40. The van der Waals surface area contributed by atoms with Crippen molar-refractivity contribution in [2.75, 3.05) is 0 Å². The van der Waals surface area contributed by atoms with Gasteiger partial charge in [0.1, 0.15) is 6.10 Å². The van der Waals surface area contributed by atoms with Crippen LogP contribution in [0.2, 0.25) is 18.1 Å². The zero-order valence-electron chi connectivity index (χ0n) is 21.6. The number of nitrogens with zero attached hydrogens (tertiary/aromatic N) is 1. The molecule has 0 aromatic heterocycles. The van der Waals surface area contributed by atoms with Crippen LogP contribution in [-0.2, 0) is 25.3 Å². The topological polar surface area (TPSA) is 65.1 Å². The highest BCUT2D eigenvalue weighted by molar-refractivity contribution is 6.74. The van der Waals surface area contributed by atoms with Gasteiger partial charge in [-0.1, -0.05) is 87.5 Å². The summed E-state index contributed by atoms with van der Waals surface area (Å²) >= 11 is 0. The Labute approximate surface area is 210 Å². The minimum atomic E-state index is -2.28. The van der Waals surface area contributed by atoms with E-state index >= 15 is 0 Å². The Balaban J connectivity index is 1.90. The fourth-order valence-corrected chi connectivity index (χ4v) is 5.05. The van der Waals surface area contributed by atoms with Crippen LogP contribution in [0.3, 0.4) is 0 Å². The molecule has 0 N–H and O–H groups in total. The van der Waals surface area contributed by atoms with Gasteiger partial charge in [0.15, 0.2) is 14.4 Å². The normalized spacial score (nSPS) is 20.3. The van der Waals surface area contributed by atoms with E-state index < -0.39 is 44.7 Å². The van der Waals surface area contributed by atoms with Crippen LogP contribution in [0.5, 0.6) is 0 Å². The predicted octanol–water partition coefficient (Wildman–Crippen LogP) is 6.26. The van der Waals surface area contributed by atoms with Crippen LogP contribution in [0.15, 0.2) is 73.3 Å². The van der Waals surface area contributed by atoms with Crippen molar-refractivity contribution in [3.05, 3.63) is 84.4 Å². The zero-order valence-corrected chi connectivity index (χ0v) is 22.6. The van der Waals surface area contributed by atoms with Crippen LogP contribution < -0.4 is 0 Å². The fourth-order valence-electron chi connectivity index (χ4n) is 3.80. The Bertz CT molecular complexity index is 1020. The summed E-state index contributed by atoms with van der Waals surface area (Å²) < 4.78 is 18.4. The van der Waals surface area contributed by atoms with Gasteiger partial charge < -0.3 is 13.9 Å². The van der Waals surface area contributed by atoms with Gasteiger partial charge in [0, 0.05) is 0 Å². The lowest BCUT2D eigenvalue weighted by atomic mass is 10.0. The molecule has 4 atom stereocenters. The molecule has 1 heterocycles. The number of amides is 2. The molecule has 188 valence electrons. The summed E-state index contributed by atoms with van der Waals surface area (Å²) in [6.07, 6.45) is -1.39. The number of benzene rings is 2. The fraction of sp³-hybridized carbons (Fsp3) is 0.429. The minimum absolute atomic E-state index is 0.0838. The van der Waals surface area contributed by atoms with Crippen molar-refractivity contribution in [3.63, 3.8) is 0 Å². The molecule has 1 saturated heterocycles. The highest BCUT2D eigenvalue weighted by atomic mass is 28.4. The number of carbonyl (C=O) groups excluding carboxylic acids is 2. The first kappa shape index (κ1) is 26.9. The third kappa shape index (κ3) is 6.09. The quantitative estimate of drug-likeness (QED) is 0.304. The van der Waals surface area contributed by atoms with E-state index in [9.17, 15) is 9.59 Å². The molecule has 3 rings (SSSR count). The highest BCUT2D eigenvalue weighted by Gasteiger charge is 2.48. The summed E-state index contributed by atoms with van der Waals surface area (Å²) in [7, 11) is -2.28. The SMILES string of the molecule is C=C[C@H](O[Si](C)(C)C(C)(C)C)[C@@H](OCc1ccccc1)C(=O)N1C(=O)O[C@@H](c2ccccc2)[C@H]1C. The summed E-state index contributed by atoms with van der Waals surface area (Å²) in [6, 6.07) is 18.5. The molecular formula is C28H37NO5Si. The van der Waals surface area contributed by atoms with Crippen LogP contribution in [-0.4, -0.2) is 43.5 Å².